The maximum atomic E-state index is 12.3. The standard InChI is InChI=1S/C15H18N2O2S/c1-17(15(18)13-9-19-7-6-16-13)8-11-10-20-14-5-3-2-4-12(11)14/h2-5,10,13,16H,6-9H2,1H3. The van der Waals surface area contributed by atoms with Gasteiger partial charge in [-0.15, -0.1) is 11.3 Å². The highest BCUT2D eigenvalue weighted by molar-refractivity contribution is 7.17. The number of thiophene rings is 1. The highest BCUT2D eigenvalue weighted by Crippen LogP contribution is 2.26. The van der Waals surface area contributed by atoms with Crippen LogP contribution in [0.2, 0.25) is 0 Å². The lowest BCUT2D eigenvalue weighted by atomic mass is 10.1. The first kappa shape index (κ1) is 13.5. The zero-order valence-electron chi connectivity index (χ0n) is 11.5. The fraction of sp³-hybridized carbons (Fsp3) is 0.400. The molecule has 2 aromatic rings. The zero-order chi connectivity index (χ0) is 13.9. The Bertz CT molecular complexity index is 605. The lowest BCUT2D eigenvalue weighted by Gasteiger charge is -2.27. The van der Waals surface area contributed by atoms with E-state index in [-0.39, 0.29) is 11.9 Å². The van der Waals surface area contributed by atoms with Crippen molar-refractivity contribution in [2.75, 3.05) is 26.8 Å². The second-order valence-electron chi connectivity index (χ2n) is 5.03. The largest absolute Gasteiger partial charge is 0.378 e. The summed E-state index contributed by atoms with van der Waals surface area (Å²) in [5, 5.41) is 6.58. The number of morpholine rings is 1. The highest BCUT2D eigenvalue weighted by atomic mass is 32.1. The molecule has 5 heteroatoms. The van der Waals surface area contributed by atoms with E-state index in [1.807, 2.05) is 19.2 Å². The molecule has 0 aliphatic carbocycles. The predicted molar refractivity (Wildman–Crippen MR) is 80.9 cm³/mol. The normalized spacial score (nSPS) is 19.1. The van der Waals surface area contributed by atoms with Gasteiger partial charge in [-0.2, -0.15) is 0 Å². The van der Waals surface area contributed by atoms with Gasteiger partial charge < -0.3 is 15.0 Å². The molecular formula is C15H18N2O2S. The third-order valence-corrected chi connectivity index (χ3v) is 4.58. The Labute approximate surface area is 122 Å². The van der Waals surface area contributed by atoms with Crippen LogP contribution in [-0.2, 0) is 16.1 Å². The molecule has 0 radical (unpaired) electrons. The molecule has 1 amide bonds. The number of nitrogens with zero attached hydrogens (tertiary/aromatic N) is 1. The van der Waals surface area contributed by atoms with Crippen molar-refractivity contribution in [1.29, 1.82) is 0 Å². The molecule has 1 aromatic heterocycles. The molecule has 1 fully saturated rings. The quantitative estimate of drug-likeness (QED) is 0.938. The third-order valence-electron chi connectivity index (χ3n) is 3.56. The molecule has 20 heavy (non-hydrogen) atoms. The van der Waals surface area contributed by atoms with Gasteiger partial charge in [-0.1, -0.05) is 18.2 Å². The van der Waals surface area contributed by atoms with E-state index in [4.69, 9.17) is 4.74 Å². The molecule has 0 saturated carbocycles. The Hall–Kier alpha value is -1.43. The number of rotatable bonds is 3. The Balaban J connectivity index is 1.71. The number of hydrogen-bond acceptors (Lipinski definition) is 4. The van der Waals surface area contributed by atoms with Gasteiger partial charge in [-0.25, -0.2) is 0 Å². The van der Waals surface area contributed by atoms with Gasteiger partial charge in [0.2, 0.25) is 5.91 Å². The SMILES string of the molecule is CN(Cc1csc2ccccc12)C(=O)C1COCCN1. The van der Waals surface area contributed by atoms with Crippen molar-refractivity contribution in [2.24, 2.45) is 0 Å². The second-order valence-corrected chi connectivity index (χ2v) is 5.94. The number of benzene rings is 1. The van der Waals surface area contributed by atoms with Crippen LogP contribution in [0.5, 0.6) is 0 Å². The third kappa shape index (κ3) is 2.70. The van der Waals surface area contributed by atoms with Crippen molar-refractivity contribution in [3.8, 4) is 0 Å². The van der Waals surface area contributed by atoms with E-state index in [2.05, 4.69) is 22.8 Å². The molecule has 1 N–H and O–H groups in total. The molecule has 106 valence electrons. The summed E-state index contributed by atoms with van der Waals surface area (Å²) in [4.78, 5) is 14.1. The number of carbonyl (C=O) groups is 1. The first-order chi connectivity index (χ1) is 9.75. The average molecular weight is 290 g/mol. The summed E-state index contributed by atoms with van der Waals surface area (Å²) < 4.78 is 6.62. The maximum Gasteiger partial charge on any atom is 0.242 e. The summed E-state index contributed by atoms with van der Waals surface area (Å²) in [6.07, 6.45) is 0. The molecule has 1 aliphatic rings. The molecule has 1 aromatic carbocycles. The van der Waals surface area contributed by atoms with Crippen molar-refractivity contribution in [3.05, 3.63) is 35.2 Å². The van der Waals surface area contributed by atoms with Crippen LogP contribution in [0.3, 0.4) is 0 Å². The molecule has 1 aliphatic heterocycles. The number of nitrogens with one attached hydrogen (secondary N) is 1. The fourth-order valence-electron chi connectivity index (χ4n) is 2.48. The van der Waals surface area contributed by atoms with Gasteiger partial charge in [0.15, 0.2) is 0 Å². The molecule has 0 spiro atoms. The number of amides is 1. The van der Waals surface area contributed by atoms with E-state index in [0.717, 1.165) is 6.54 Å². The number of ether oxygens (including phenoxy) is 1. The smallest absolute Gasteiger partial charge is 0.242 e. The zero-order valence-corrected chi connectivity index (χ0v) is 12.3. The van der Waals surface area contributed by atoms with Crippen LogP contribution in [0.25, 0.3) is 10.1 Å². The van der Waals surface area contributed by atoms with Crippen LogP contribution in [0.4, 0.5) is 0 Å². The Morgan fingerprint density at radius 3 is 3.15 bits per heavy atom. The van der Waals surface area contributed by atoms with Crippen LogP contribution in [0, 0.1) is 0 Å². The van der Waals surface area contributed by atoms with E-state index >= 15 is 0 Å². The number of likely N-dealkylation sites (N-methyl/N-ethyl adjacent to an activating group) is 1. The van der Waals surface area contributed by atoms with Crippen LogP contribution in [-0.4, -0.2) is 43.7 Å². The van der Waals surface area contributed by atoms with Crippen molar-refractivity contribution in [3.63, 3.8) is 0 Å². The Morgan fingerprint density at radius 1 is 1.50 bits per heavy atom. The number of hydrogen-bond donors (Lipinski definition) is 1. The van der Waals surface area contributed by atoms with Gasteiger partial charge in [0.25, 0.3) is 0 Å². The van der Waals surface area contributed by atoms with Crippen molar-refractivity contribution in [2.45, 2.75) is 12.6 Å². The molecule has 0 bridgehead atoms. The number of fused-ring (bicyclic) bond motifs is 1. The van der Waals surface area contributed by atoms with Crippen LogP contribution >= 0.6 is 11.3 Å². The molecular weight excluding hydrogens is 272 g/mol. The maximum absolute atomic E-state index is 12.3. The Kier molecular flexibility index (Phi) is 4.00. The highest BCUT2D eigenvalue weighted by Gasteiger charge is 2.24. The molecule has 1 atom stereocenters. The van der Waals surface area contributed by atoms with E-state index in [9.17, 15) is 4.79 Å². The number of carbonyl (C=O) groups excluding carboxylic acids is 1. The summed E-state index contributed by atoms with van der Waals surface area (Å²) >= 11 is 1.72. The lowest BCUT2D eigenvalue weighted by Crippen LogP contribution is -2.51. The summed E-state index contributed by atoms with van der Waals surface area (Å²) in [7, 11) is 1.85. The monoisotopic (exact) mass is 290 g/mol. The summed E-state index contributed by atoms with van der Waals surface area (Å²) in [5.41, 5.74) is 1.21. The van der Waals surface area contributed by atoms with Crippen molar-refractivity contribution >= 4 is 27.3 Å². The Morgan fingerprint density at radius 2 is 2.35 bits per heavy atom. The first-order valence-corrected chi connectivity index (χ1v) is 7.65. The summed E-state index contributed by atoms with van der Waals surface area (Å²) in [6.45, 7) is 2.53. The predicted octanol–water partition coefficient (Wildman–Crippen LogP) is 1.85. The molecule has 1 saturated heterocycles. The first-order valence-electron chi connectivity index (χ1n) is 6.77. The van der Waals surface area contributed by atoms with E-state index in [1.54, 1.807) is 16.2 Å². The van der Waals surface area contributed by atoms with E-state index in [0.29, 0.717) is 19.8 Å². The summed E-state index contributed by atoms with van der Waals surface area (Å²) in [6, 6.07) is 8.10. The van der Waals surface area contributed by atoms with Gasteiger partial charge in [0, 0.05) is 24.8 Å². The molecule has 1 unspecified atom stereocenters. The summed E-state index contributed by atoms with van der Waals surface area (Å²) in [5.74, 6) is 0.0972. The topological polar surface area (TPSA) is 41.6 Å². The molecule has 3 rings (SSSR count). The van der Waals surface area contributed by atoms with Gasteiger partial charge in [-0.05, 0) is 22.4 Å². The molecule has 2 heterocycles. The van der Waals surface area contributed by atoms with E-state index < -0.39 is 0 Å². The van der Waals surface area contributed by atoms with Crippen LogP contribution in [0.15, 0.2) is 29.6 Å². The van der Waals surface area contributed by atoms with Crippen LogP contribution < -0.4 is 5.32 Å². The van der Waals surface area contributed by atoms with Crippen LogP contribution in [0.1, 0.15) is 5.56 Å². The minimum atomic E-state index is -0.210. The minimum Gasteiger partial charge on any atom is -0.378 e. The second kappa shape index (κ2) is 5.91. The van der Waals surface area contributed by atoms with Gasteiger partial charge in [-0.3, -0.25) is 4.79 Å². The van der Waals surface area contributed by atoms with Gasteiger partial charge >= 0.3 is 0 Å². The van der Waals surface area contributed by atoms with Crippen molar-refractivity contribution < 1.29 is 9.53 Å². The average Bonchev–Trinajstić information content (AvgIpc) is 2.91. The van der Waals surface area contributed by atoms with Crippen molar-refractivity contribution in [1.82, 2.24) is 10.2 Å². The van der Waals surface area contributed by atoms with Gasteiger partial charge in [0.1, 0.15) is 6.04 Å². The minimum absolute atomic E-state index is 0.0972. The fourth-order valence-corrected chi connectivity index (χ4v) is 3.43. The van der Waals surface area contributed by atoms with E-state index in [1.165, 1.54) is 15.6 Å². The van der Waals surface area contributed by atoms with Gasteiger partial charge in [0.05, 0.1) is 13.2 Å². The lowest BCUT2D eigenvalue weighted by molar-refractivity contribution is -0.135. The molecule has 4 nitrogen and oxygen atoms in total.